The SMILES string of the molecule is CC[C@H]1OC(=O)[C@H](C)[C@H]2OCC(OC/C=C/c3ccnc4ccccc34)CNC(=O)O[C@](C)(C[C@@H](C)C(=O)[C@H](C)[C@@H]3NC(=O)O[C@]13C)[C@H](O[C@@H]1O[C@H](C)C[C@H](N(C)C)[C@H]1O)[C@H]2C. The standard InChI is InChI=1S/C46H66N4O12/c1-11-35-46(8)39(49-44(55)62-46)27(4)36(51)25(2)22-45(7)40(60-42-37(52)34(50(9)10)21-26(3)58-42)28(5)38(29(6)41(53)59-35)57-24-31(23-48-43(54)61-45)56-20-14-15-30-18-19-47-33-17-13-12-16-32(30)33/h12-19,25-29,31,34-35,37-40,42,52H,11,20-24H2,1-10H3,(H,48,54)(H,49,55)/b15-14+/t25-,26-,27+,28+,29-,31?,34+,35-,37-,38+,39+,40-,42+,45-,46-/m1/s1. The van der Waals surface area contributed by atoms with E-state index in [0.29, 0.717) is 6.42 Å². The number of Topliss-reactive ketones (excluding diaryl/α,β-unsaturated/α-hetero) is 1. The zero-order valence-corrected chi connectivity index (χ0v) is 37.7. The van der Waals surface area contributed by atoms with E-state index in [0.717, 1.165) is 16.5 Å². The lowest BCUT2D eigenvalue weighted by molar-refractivity contribution is -0.299. The minimum Gasteiger partial charge on any atom is -0.458 e. The van der Waals surface area contributed by atoms with Gasteiger partial charge in [0, 0.05) is 41.9 Å². The molecule has 0 radical (unpaired) electrons. The first-order valence-corrected chi connectivity index (χ1v) is 22.0. The average molecular weight is 867 g/mol. The summed E-state index contributed by atoms with van der Waals surface area (Å²) in [6.45, 7) is 14.1. The summed E-state index contributed by atoms with van der Waals surface area (Å²) < 4.78 is 44.7. The van der Waals surface area contributed by atoms with Crippen LogP contribution in [-0.2, 0) is 42.7 Å². The van der Waals surface area contributed by atoms with Gasteiger partial charge in [0.2, 0.25) is 0 Å². The summed E-state index contributed by atoms with van der Waals surface area (Å²) in [4.78, 5) is 62.3. The van der Waals surface area contributed by atoms with Crippen molar-refractivity contribution in [1.82, 2.24) is 20.5 Å². The molecule has 5 heterocycles. The lowest BCUT2D eigenvalue weighted by Gasteiger charge is -2.48. The molecule has 2 amide bonds. The molecule has 4 aliphatic rings. The van der Waals surface area contributed by atoms with Gasteiger partial charge < -0.3 is 53.8 Å². The first-order valence-electron chi connectivity index (χ1n) is 22.0. The molecule has 4 saturated heterocycles. The number of rotatable bonds is 8. The summed E-state index contributed by atoms with van der Waals surface area (Å²) in [6.07, 6.45) is -1.48. The number of fused-ring (bicyclic) bond motifs is 5. The molecule has 342 valence electrons. The number of para-hydroxylation sites is 1. The molecule has 1 unspecified atom stereocenters. The number of carbonyl (C=O) groups is 4. The molecule has 62 heavy (non-hydrogen) atoms. The second-order valence-electron chi connectivity index (χ2n) is 18.3. The number of carbonyl (C=O) groups excluding carboxylic acids is 4. The van der Waals surface area contributed by atoms with Crippen LogP contribution in [0.5, 0.6) is 0 Å². The van der Waals surface area contributed by atoms with Crippen molar-refractivity contribution in [2.45, 2.75) is 141 Å². The van der Waals surface area contributed by atoms with Crippen LogP contribution in [0.1, 0.15) is 80.2 Å². The quantitative estimate of drug-likeness (QED) is 0.236. The first-order chi connectivity index (χ1) is 29.4. The number of nitrogens with zero attached hydrogens (tertiary/aromatic N) is 2. The Balaban J connectivity index is 1.39. The molecular formula is C46H66N4O12. The van der Waals surface area contributed by atoms with Gasteiger partial charge in [0.05, 0.1) is 49.0 Å². The van der Waals surface area contributed by atoms with Crippen LogP contribution in [0.2, 0.25) is 0 Å². The highest BCUT2D eigenvalue weighted by atomic mass is 16.7. The van der Waals surface area contributed by atoms with Gasteiger partial charge in [0.25, 0.3) is 0 Å². The van der Waals surface area contributed by atoms with Gasteiger partial charge in [0.1, 0.15) is 29.7 Å². The van der Waals surface area contributed by atoms with E-state index in [1.54, 1.807) is 40.8 Å². The lowest BCUT2D eigenvalue weighted by atomic mass is 9.73. The summed E-state index contributed by atoms with van der Waals surface area (Å²) >= 11 is 0. The number of hydrogen-bond donors (Lipinski definition) is 3. The molecule has 6 rings (SSSR count). The lowest BCUT2D eigenvalue weighted by Crippen LogP contribution is -2.61. The minimum absolute atomic E-state index is 0.0145. The van der Waals surface area contributed by atoms with Crippen molar-refractivity contribution in [3.63, 3.8) is 0 Å². The predicted molar refractivity (Wildman–Crippen MR) is 229 cm³/mol. The van der Waals surface area contributed by atoms with E-state index in [1.807, 2.05) is 82.3 Å². The molecule has 0 spiro atoms. The number of amides is 2. The number of ketones is 1. The van der Waals surface area contributed by atoms with Crippen molar-refractivity contribution in [2.75, 3.05) is 33.9 Å². The molecule has 1 aromatic heterocycles. The Hall–Kier alpha value is -4.19. The number of hydrogen-bond acceptors (Lipinski definition) is 14. The second kappa shape index (κ2) is 19.7. The van der Waals surface area contributed by atoms with Gasteiger partial charge in [-0.05, 0) is 78.7 Å². The van der Waals surface area contributed by atoms with Crippen LogP contribution >= 0.6 is 0 Å². The van der Waals surface area contributed by atoms with Crippen molar-refractivity contribution >= 4 is 40.9 Å². The highest BCUT2D eigenvalue weighted by Crippen LogP contribution is 2.42. The van der Waals surface area contributed by atoms with Crippen molar-refractivity contribution in [2.24, 2.45) is 23.7 Å². The van der Waals surface area contributed by atoms with Crippen LogP contribution in [0.25, 0.3) is 17.0 Å². The van der Waals surface area contributed by atoms with Gasteiger partial charge in [-0.15, -0.1) is 0 Å². The number of aromatic nitrogens is 1. The Labute approximate surface area is 364 Å². The van der Waals surface area contributed by atoms with Crippen LogP contribution in [-0.4, -0.2) is 139 Å². The maximum atomic E-state index is 14.5. The maximum Gasteiger partial charge on any atom is 0.408 e. The van der Waals surface area contributed by atoms with Crippen LogP contribution in [0, 0.1) is 23.7 Å². The van der Waals surface area contributed by atoms with Crippen LogP contribution in [0.3, 0.4) is 0 Å². The van der Waals surface area contributed by atoms with E-state index in [1.165, 1.54) is 0 Å². The topological polar surface area (TPSA) is 193 Å². The number of ether oxygens (including phenoxy) is 7. The third-order valence-electron chi connectivity index (χ3n) is 13.3. The Morgan fingerprint density at radius 1 is 1.00 bits per heavy atom. The van der Waals surface area contributed by atoms with Crippen molar-refractivity contribution < 1.29 is 57.4 Å². The summed E-state index contributed by atoms with van der Waals surface area (Å²) in [6, 6.07) is 8.57. The Morgan fingerprint density at radius 2 is 1.74 bits per heavy atom. The fraction of sp³-hybridized carbons (Fsp3) is 0.674. The fourth-order valence-corrected chi connectivity index (χ4v) is 9.98. The molecule has 2 aromatic rings. The van der Waals surface area contributed by atoms with Crippen molar-refractivity contribution in [3.05, 3.63) is 48.2 Å². The number of alkyl carbamates (subject to hydrolysis) is 2. The molecule has 16 heteroatoms. The highest BCUT2D eigenvalue weighted by Gasteiger charge is 2.58. The van der Waals surface area contributed by atoms with E-state index in [2.05, 4.69) is 15.6 Å². The smallest absolute Gasteiger partial charge is 0.408 e. The van der Waals surface area contributed by atoms with Crippen molar-refractivity contribution in [1.29, 1.82) is 0 Å². The third-order valence-corrected chi connectivity index (χ3v) is 13.3. The molecule has 4 fully saturated rings. The summed E-state index contributed by atoms with van der Waals surface area (Å²) in [5, 5.41) is 18.4. The second-order valence-corrected chi connectivity index (χ2v) is 18.3. The van der Waals surface area contributed by atoms with E-state index in [9.17, 15) is 24.3 Å². The largest absolute Gasteiger partial charge is 0.458 e. The number of esters is 1. The molecule has 1 aromatic carbocycles. The normalized spacial score (nSPS) is 38.9. The molecule has 2 bridgehead atoms. The van der Waals surface area contributed by atoms with Gasteiger partial charge in [0.15, 0.2) is 11.9 Å². The zero-order chi connectivity index (χ0) is 45.1. The Kier molecular flexibility index (Phi) is 15.0. The van der Waals surface area contributed by atoms with E-state index >= 15 is 0 Å². The first kappa shape index (κ1) is 47.3. The van der Waals surface area contributed by atoms with Gasteiger partial charge >= 0.3 is 18.2 Å². The zero-order valence-electron chi connectivity index (χ0n) is 37.7. The molecular weight excluding hydrogens is 801 g/mol. The Bertz CT molecular complexity index is 1940. The minimum atomic E-state index is -1.59. The van der Waals surface area contributed by atoms with Gasteiger partial charge in [-0.2, -0.15) is 0 Å². The van der Waals surface area contributed by atoms with Gasteiger partial charge in [-0.1, -0.05) is 58.0 Å². The maximum absolute atomic E-state index is 14.5. The number of likely N-dealkylation sites (N-methyl/N-ethyl adjacent to an activating group) is 1. The molecule has 15 atom stereocenters. The van der Waals surface area contributed by atoms with Gasteiger partial charge in [-0.3, -0.25) is 14.6 Å². The number of nitrogens with one attached hydrogen (secondary N) is 2. The average Bonchev–Trinajstić information content (AvgIpc) is 3.54. The van der Waals surface area contributed by atoms with Crippen molar-refractivity contribution in [3.8, 4) is 0 Å². The predicted octanol–water partition coefficient (Wildman–Crippen LogP) is 5.03. The van der Waals surface area contributed by atoms with E-state index in [4.69, 9.17) is 33.2 Å². The van der Waals surface area contributed by atoms with Gasteiger partial charge in [-0.25, -0.2) is 9.59 Å². The molecule has 3 N–H and O–H groups in total. The van der Waals surface area contributed by atoms with E-state index < -0.39 is 95.9 Å². The number of pyridine rings is 1. The van der Waals surface area contributed by atoms with Crippen LogP contribution < -0.4 is 10.6 Å². The Morgan fingerprint density at radius 3 is 2.47 bits per heavy atom. The summed E-state index contributed by atoms with van der Waals surface area (Å²) in [5.74, 6) is -4.17. The number of aliphatic hydroxyl groups excluding tert-OH is 1. The van der Waals surface area contributed by atoms with Crippen LogP contribution in [0.15, 0.2) is 42.6 Å². The van der Waals surface area contributed by atoms with Crippen LogP contribution in [0.4, 0.5) is 9.59 Å². The monoisotopic (exact) mass is 866 g/mol. The number of cyclic esters (lactones) is 1. The third kappa shape index (κ3) is 10.1. The molecule has 4 aliphatic heterocycles. The highest BCUT2D eigenvalue weighted by molar-refractivity contribution is 5.87. The molecule has 16 nitrogen and oxygen atoms in total. The summed E-state index contributed by atoms with van der Waals surface area (Å²) in [7, 11) is 3.74. The van der Waals surface area contributed by atoms with E-state index in [-0.39, 0.29) is 50.5 Å². The number of benzene rings is 1. The molecule has 0 aliphatic carbocycles. The summed E-state index contributed by atoms with van der Waals surface area (Å²) in [5.41, 5.74) is -1.15. The number of aliphatic hydroxyl groups is 1. The molecule has 0 saturated carbocycles. The fourth-order valence-electron chi connectivity index (χ4n) is 9.98.